The molecule has 1 aromatic heterocycles. The number of nitrogens with one attached hydrogen (secondary N) is 1. The predicted molar refractivity (Wildman–Crippen MR) is 85.9 cm³/mol. The van der Waals surface area contributed by atoms with Crippen LogP contribution in [0, 0.1) is 6.92 Å². The number of aromatic nitrogens is 1. The van der Waals surface area contributed by atoms with E-state index in [4.69, 9.17) is 0 Å². The Labute approximate surface area is 128 Å². The van der Waals surface area contributed by atoms with Crippen LogP contribution >= 0.6 is 11.3 Å². The summed E-state index contributed by atoms with van der Waals surface area (Å²) in [5.41, 5.74) is 2.89. The third-order valence-electron chi connectivity index (χ3n) is 3.69. The molecule has 1 aliphatic heterocycles. The number of hydrogen-bond acceptors (Lipinski definition) is 4. The van der Waals surface area contributed by atoms with E-state index in [1.165, 1.54) is 29.9 Å². The third kappa shape index (κ3) is 3.42. The summed E-state index contributed by atoms with van der Waals surface area (Å²) >= 11 is 1.50. The van der Waals surface area contributed by atoms with Crippen molar-refractivity contribution >= 4 is 22.9 Å². The van der Waals surface area contributed by atoms with Crippen molar-refractivity contribution in [1.82, 2.24) is 10.3 Å². The van der Waals surface area contributed by atoms with Crippen molar-refractivity contribution in [2.75, 3.05) is 18.0 Å². The van der Waals surface area contributed by atoms with E-state index < -0.39 is 0 Å². The molecule has 1 aromatic carbocycles. The lowest BCUT2D eigenvalue weighted by Crippen LogP contribution is -2.23. The number of amides is 1. The first-order valence-electron chi connectivity index (χ1n) is 7.26. The number of nitrogens with zero attached hydrogens (tertiary/aromatic N) is 2. The topological polar surface area (TPSA) is 45.2 Å². The molecule has 1 N–H and O–H groups in total. The summed E-state index contributed by atoms with van der Waals surface area (Å²) in [5, 5.41) is 5.64. The summed E-state index contributed by atoms with van der Waals surface area (Å²) in [5.74, 6) is -0.106. The molecular weight excluding hydrogens is 282 g/mol. The summed E-state index contributed by atoms with van der Waals surface area (Å²) in [6, 6.07) is 8.41. The Morgan fingerprint density at radius 1 is 1.38 bits per heavy atom. The fourth-order valence-corrected chi connectivity index (χ4v) is 3.17. The molecule has 0 unspecified atom stereocenters. The van der Waals surface area contributed by atoms with E-state index in [1.807, 2.05) is 13.0 Å². The van der Waals surface area contributed by atoms with Crippen LogP contribution in [-0.4, -0.2) is 24.0 Å². The molecule has 0 saturated carbocycles. The fourth-order valence-electron chi connectivity index (χ4n) is 2.58. The quantitative estimate of drug-likeness (QED) is 0.944. The first-order valence-corrected chi connectivity index (χ1v) is 8.14. The van der Waals surface area contributed by atoms with Gasteiger partial charge in [-0.1, -0.05) is 12.1 Å². The van der Waals surface area contributed by atoms with Gasteiger partial charge in [0.2, 0.25) is 0 Å². The summed E-state index contributed by atoms with van der Waals surface area (Å²) in [6.07, 6.45) is 2.54. The van der Waals surface area contributed by atoms with Crippen LogP contribution in [0.2, 0.25) is 0 Å². The maximum Gasteiger partial charge on any atom is 0.271 e. The number of thiazole rings is 1. The highest BCUT2D eigenvalue weighted by Crippen LogP contribution is 2.21. The lowest BCUT2D eigenvalue weighted by atomic mass is 10.2. The van der Waals surface area contributed by atoms with Gasteiger partial charge in [-0.3, -0.25) is 4.79 Å². The molecule has 3 rings (SSSR count). The SMILES string of the molecule is Cc1nc(C(=O)NCc2cccc(N3CCCC3)c2)cs1. The van der Waals surface area contributed by atoms with Crippen molar-refractivity contribution in [3.63, 3.8) is 0 Å². The fraction of sp³-hybridized carbons (Fsp3) is 0.375. The number of rotatable bonds is 4. The molecular formula is C16H19N3OS. The van der Waals surface area contributed by atoms with Crippen LogP contribution in [0.5, 0.6) is 0 Å². The summed E-state index contributed by atoms with van der Waals surface area (Å²) in [7, 11) is 0. The van der Waals surface area contributed by atoms with Gasteiger partial charge in [0, 0.05) is 30.7 Å². The molecule has 21 heavy (non-hydrogen) atoms. The smallest absolute Gasteiger partial charge is 0.271 e. The zero-order valence-corrected chi connectivity index (χ0v) is 12.9. The van der Waals surface area contributed by atoms with Crippen molar-refractivity contribution in [2.45, 2.75) is 26.3 Å². The number of hydrogen-bond donors (Lipinski definition) is 1. The highest BCUT2D eigenvalue weighted by Gasteiger charge is 2.13. The Hall–Kier alpha value is -1.88. The maximum absolute atomic E-state index is 12.0. The molecule has 0 atom stereocenters. The van der Waals surface area contributed by atoms with Gasteiger partial charge in [0.1, 0.15) is 5.69 Å². The highest BCUT2D eigenvalue weighted by molar-refractivity contribution is 7.09. The zero-order chi connectivity index (χ0) is 14.7. The minimum atomic E-state index is -0.106. The van der Waals surface area contributed by atoms with Gasteiger partial charge in [0.15, 0.2) is 0 Å². The van der Waals surface area contributed by atoms with Gasteiger partial charge in [-0.2, -0.15) is 0 Å². The van der Waals surface area contributed by atoms with E-state index in [0.29, 0.717) is 12.2 Å². The van der Waals surface area contributed by atoms with Gasteiger partial charge in [0.05, 0.1) is 5.01 Å². The second-order valence-electron chi connectivity index (χ2n) is 5.30. The summed E-state index contributed by atoms with van der Waals surface area (Å²) in [6.45, 7) is 4.71. The molecule has 0 aliphatic carbocycles. The normalized spacial score (nSPS) is 14.4. The average Bonchev–Trinajstić information content (AvgIpc) is 3.16. The molecule has 1 fully saturated rings. The molecule has 0 spiro atoms. The minimum Gasteiger partial charge on any atom is -0.372 e. The number of aryl methyl sites for hydroxylation is 1. The van der Waals surface area contributed by atoms with E-state index in [-0.39, 0.29) is 5.91 Å². The molecule has 5 heteroatoms. The van der Waals surface area contributed by atoms with Gasteiger partial charge in [-0.05, 0) is 37.5 Å². The number of benzene rings is 1. The Kier molecular flexibility index (Phi) is 4.20. The van der Waals surface area contributed by atoms with E-state index in [9.17, 15) is 4.79 Å². The Balaban J connectivity index is 1.62. The van der Waals surface area contributed by atoms with Crippen molar-refractivity contribution < 1.29 is 4.79 Å². The van der Waals surface area contributed by atoms with Crippen molar-refractivity contribution in [1.29, 1.82) is 0 Å². The zero-order valence-electron chi connectivity index (χ0n) is 12.1. The molecule has 1 saturated heterocycles. The monoisotopic (exact) mass is 301 g/mol. The van der Waals surface area contributed by atoms with Crippen LogP contribution in [0.25, 0.3) is 0 Å². The van der Waals surface area contributed by atoms with Crippen LogP contribution in [0.15, 0.2) is 29.6 Å². The Morgan fingerprint density at radius 2 is 2.19 bits per heavy atom. The predicted octanol–water partition coefficient (Wildman–Crippen LogP) is 2.98. The maximum atomic E-state index is 12.0. The van der Waals surface area contributed by atoms with Gasteiger partial charge in [-0.25, -0.2) is 4.98 Å². The highest BCUT2D eigenvalue weighted by atomic mass is 32.1. The Morgan fingerprint density at radius 3 is 2.90 bits per heavy atom. The van der Waals surface area contributed by atoms with Crippen LogP contribution in [0.4, 0.5) is 5.69 Å². The molecule has 0 radical (unpaired) electrons. The van der Waals surface area contributed by atoms with Crippen LogP contribution < -0.4 is 10.2 Å². The molecule has 110 valence electrons. The molecule has 2 aromatic rings. The standard InChI is InChI=1S/C16H19N3OS/c1-12-18-15(11-21-12)16(20)17-10-13-5-4-6-14(9-13)19-7-2-3-8-19/h4-6,9,11H,2-3,7-8,10H2,1H3,(H,17,20). The molecule has 2 heterocycles. The lowest BCUT2D eigenvalue weighted by Gasteiger charge is -2.18. The van der Waals surface area contributed by atoms with Crippen molar-refractivity contribution in [3.05, 3.63) is 45.9 Å². The van der Waals surface area contributed by atoms with Crippen LogP contribution in [0.1, 0.15) is 33.9 Å². The van der Waals surface area contributed by atoms with Gasteiger partial charge in [-0.15, -0.1) is 11.3 Å². The number of anilines is 1. The second-order valence-corrected chi connectivity index (χ2v) is 6.36. The number of carbonyl (C=O) groups excluding carboxylic acids is 1. The van der Waals surface area contributed by atoms with Gasteiger partial charge in [0.25, 0.3) is 5.91 Å². The summed E-state index contributed by atoms with van der Waals surface area (Å²) < 4.78 is 0. The molecule has 1 amide bonds. The van der Waals surface area contributed by atoms with E-state index in [1.54, 1.807) is 5.38 Å². The largest absolute Gasteiger partial charge is 0.372 e. The number of carbonyl (C=O) groups is 1. The lowest BCUT2D eigenvalue weighted by molar-refractivity contribution is 0.0946. The van der Waals surface area contributed by atoms with Crippen molar-refractivity contribution in [2.24, 2.45) is 0 Å². The summed E-state index contributed by atoms with van der Waals surface area (Å²) in [4.78, 5) is 18.6. The van der Waals surface area contributed by atoms with Crippen molar-refractivity contribution in [3.8, 4) is 0 Å². The molecule has 1 aliphatic rings. The first kappa shape index (κ1) is 14.1. The van der Waals surface area contributed by atoms with E-state index in [0.717, 1.165) is 23.7 Å². The van der Waals surface area contributed by atoms with E-state index >= 15 is 0 Å². The van der Waals surface area contributed by atoms with E-state index in [2.05, 4.69) is 33.4 Å². The molecule has 0 bridgehead atoms. The van der Waals surface area contributed by atoms with Crippen LogP contribution in [-0.2, 0) is 6.54 Å². The minimum absolute atomic E-state index is 0.106. The van der Waals surface area contributed by atoms with Crippen LogP contribution in [0.3, 0.4) is 0 Å². The second kappa shape index (κ2) is 6.26. The average molecular weight is 301 g/mol. The Bertz CT molecular complexity index is 632. The first-order chi connectivity index (χ1) is 10.2. The van der Waals surface area contributed by atoms with Gasteiger partial charge < -0.3 is 10.2 Å². The van der Waals surface area contributed by atoms with Gasteiger partial charge >= 0.3 is 0 Å². The third-order valence-corrected chi connectivity index (χ3v) is 4.46. The molecule has 4 nitrogen and oxygen atoms in total.